The van der Waals surface area contributed by atoms with E-state index >= 15 is 0 Å². The molecule has 0 fully saturated rings. The maximum atomic E-state index is 11.3. The molecule has 5 aromatic rings. The van der Waals surface area contributed by atoms with Crippen LogP contribution in [0.5, 0.6) is 0 Å². The molecule has 142 valence electrons. The number of pyridine rings is 1. The summed E-state index contributed by atoms with van der Waals surface area (Å²) in [4.78, 5) is 24.0. The van der Waals surface area contributed by atoms with Crippen LogP contribution in [0.3, 0.4) is 0 Å². The van der Waals surface area contributed by atoms with Gasteiger partial charge in [0, 0.05) is 46.9 Å². The van der Waals surface area contributed by atoms with Crippen LogP contribution in [0.4, 0.5) is 0 Å². The van der Waals surface area contributed by atoms with E-state index in [2.05, 4.69) is 32.2 Å². The third-order valence-electron chi connectivity index (χ3n) is 4.66. The van der Waals surface area contributed by atoms with E-state index in [0.717, 1.165) is 32.6 Å². The number of thiazole rings is 1. The molecule has 0 radical (unpaired) electrons. The van der Waals surface area contributed by atoms with Gasteiger partial charge in [0.25, 0.3) is 5.91 Å². The summed E-state index contributed by atoms with van der Waals surface area (Å²) in [6.07, 6.45) is 9.24. The fraction of sp³-hybridized carbons (Fsp3) is 0.0476. The number of aromatic nitrogens is 5. The van der Waals surface area contributed by atoms with Gasteiger partial charge >= 0.3 is 0 Å². The molecule has 3 N–H and O–H groups in total. The number of benzene rings is 1. The van der Waals surface area contributed by atoms with Gasteiger partial charge in [0.1, 0.15) is 5.65 Å². The number of fused-ring (bicyclic) bond motifs is 1. The van der Waals surface area contributed by atoms with Crippen molar-refractivity contribution in [3.63, 3.8) is 0 Å². The fourth-order valence-electron chi connectivity index (χ4n) is 3.26. The maximum absolute atomic E-state index is 11.3. The number of carbonyl (C=O) groups excluding carboxylic acids is 1. The summed E-state index contributed by atoms with van der Waals surface area (Å²) in [6, 6.07) is 12.3. The second-order valence-corrected chi connectivity index (χ2v) is 7.66. The Morgan fingerprint density at radius 1 is 1.10 bits per heavy atom. The molecule has 0 saturated heterocycles. The molecule has 0 aliphatic rings. The molecule has 7 nitrogen and oxygen atoms in total. The van der Waals surface area contributed by atoms with Crippen LogP contribution in [0.2, 0.25) is 0 Å². The smallest absolute Gasteiger partial charge is 0.277 e. The van der Waals surface area contributed by atoms with Gasteiger partial charge < -0.3 is 10.7 Å². The second-order valence-electron chi connectivity index (χ2n) is 6.63. The summed E-state index contributed by atoms with van der Waals surface area (Å²) in [6.45, 7) is 0.712. The first-order chi connectivity index (χ1) is 14.2. The number of nitrogens with one attached hydrogen (secondary N) is 1. The quantitative estimate of drug-likeness (QED) is 0.469. The van der Waals surface area contributed by atoms with Gasteiger partial charge in [-0.25, -0.2) is 9.97 Å². The second kappa shape index (κ2) is 6.99. The van der Waals surface area contributed by atoms with Crippen molar-refractivity contribution < 1.29 is 4.79 Å². The zero-order valence-electron chi connectivity index (χ0n) is 15.2. The third-order valence-corrected chi connectivity index (χ3v) is 5.72. The lowest BCUT2D eigenvalue weighted by atomic mass is 10.1. The van der Waals surface area contributed by atoms with Crippen molar-refractivity contribution in [2.75, 3.05) is 0 Å². The zero-order chi connectivity index (χ0) is 19.8. The molecule has 8 heteroatoms. The number of carbonyl (C=O) groups is 1. The van der Waals surface area contributed by atoms with Gasteiger partial charge in [0.05, 0.1) is 17.6 Å². The van der Waals surface area contributed by atoms with Crippen molar-refractivity contribution in [2.24, 2.45) is 5.73 Å². The Morgan fingerprint density at radius 2 is 1.97 bits per heavy atom. The highest BCUT2D eigenvalue weighted by Gasteiger charge is 2.13. The summed E-state index contributed by atoms with van der Waals surface area (Å²) >= 11 is 1.26. The van der Waals surface area contributed by atoms with Crippen LogP contribution in [0.25, 0.3) is 32.6 Å². The standard InChI is InChI=1S/C21H16N6OS/c22-19(28)21-25-10-18(29-21)14-6-16-17(9-24-20(16)23-7-14)15-8-26-27(12-15)11-13-4-2-1-3-5-13/h1-10,12H,11H2,(H2,22,28)(H,23,24). The van der Waals surface area contributed by atoms with E-state index in [1.165, 1.54) is 16.9 Å². The van der Waals surface area contributed by atoms with Crippen molar-refractivity contribution in [2.45, 2.75) is 6.54 Å². The Morgan fingerprint density at radius 3 is 2.76 bits per heavy atom. The van der Waals surface area contributed by atoms with E-state index < -0.39 is 5.91 Å². The van der Waals surface area contributed by atoms with Crippen LogP contribution in [-0.2, 0) is 6.54 Å². The summed E-state index contributed by atoms with van der Waals surface area (Å²) in [5, 5.41) is 5.77. The van der Waals surface area contributed by atoms with Gasteiger partial charge in [-0.05, 0) is 11.6 Å². The summed E-state index contributed by atoms with van der Waals surface area (Å²) < 4.78 is 1.92. The van der Waals surface area contributed by atoms with Crippen molar-refractivity contribution in [1.29, 1.82) is 0 Å². The first-order valence-electron chi connectivity index (χ1n) is 8.97. The monoisotopic (exact) mass is 400 g/mol. The molecule has 29 heavy (non-hydrogen) atoms. The van der Waals surface area contributed by atoms with Gasteiger partial charge in [-0.15, -0.1) is 11.3 Å². The van der Waals surface area contributed by atoms with E-state index in [9.17, 15) is 4.79 Å². The van der Waals surface area contributed by atoms with Crippen molar-refractivity contribution >= 4 is 28.3 Å². The highest BCUT2D eigenvalue weighted by molar-refractivity contribution is 7.16. The predicted octanol–water partition coefficient (Wildman–Crippen LogP) is 3.70. The number of nitrogens with two attached hydrogens (primary N) is 1. The highest BCUT2D eigenvalue weighted by Crippen LogP contribution is 2.32. The van der Waals surface area contributed by atoms with Gasteiger partial charge in [0.15, 0.2) is 5.01 Å². The van der Waals surface area contributed by atoms with E-state index in [0.29, 0.717) is 6.54 Å². The largest absolute Gasteiger partial charge is 0.364 e. The molecule has 0 aliphatic heterocycles. The summed E-state index contributed by atoms with van der Waals surface area (Å²) in [7, 11) is 0. The van der Waals surface area contributed by atoms with E-state index in [1.807, 2.05) is 47.5 Å². The lowest BCUT2D eigenvalue weighted by Crippen LogP contribution is -2.09. The lowest BCUT2D eigenvalue weighted by Gasteiger charge is -2.01. The number of rotatable bonds is 5. The minimum atomic E-state index is -0.525. The lowest BCUT2D eigenvalue weighted by molar-refractivity contribution is 0.1000. The molecule has 5 rings (SSSR count). The molecule has 4 aromatic heterocycles. The van der Waals surface area contributed by atoms with Crippen molar-refractivity contribution in [3.8, 4) is 21.6 Å². The van der Waals surface area contributed by atoms with Crippen LogP contribution in [0.15, 0.2) is 67.4 Å². The summed E-state index contributed by atoms with van der Waals surface area (Å²) in [5.74, 6) is -0.525. The van der Waals surface area contributed by atoms with Crippen molar-refractivity contribution in [3.05, 3.63) is 78.0 Å². The van der Waals surface area contributed by atoms with Gasteiger partial charge in [-0.2, -0.15) is 5.10 Å². The minimum Gasteiger partial charge on any atom is -0.364 e. The molecule has 1 amide bonds. The molecule has 0 bridgehead atoms. The number of primary amides is 1. The molecule has 0 atom stereocenters. The van der Waals surface area contributed by atoms with Gasteiger partial charge in [-0.1, -0.05) is 30.3 Å². The molecule has 0 spiro atoms. The molecular formula is C21H16N6OS. The first kappa shape index (κ1) is 17.3. The highest BCUT2D eigenvalue weighted by atomic mass is 32.1. The van der Waals surface area contributed by atoms with Crippen LogP contribution < -0.4 is 5.73 Å². The topological polar surface area (TPSA) is 102 Å². The van der Waals surface area contributed by atoms with Gasteiger partial charge in [0.2, 0.25) is 0 Å². The van der Waals surface area contributed by atoms with Crippen LogP contribution in [0, 0.1) is 0 Å². The maximum Gasteiger partial charge on any atom is 0.277 e. The fourth-order valence-corrected chi connectivity index (χ4v) is 4.01. The number of nitrogens with zero attached hydrogens (tertiary/aromatic N) is 4. The molecule has 0 saturated carbocycles. The predicted molar refractivity (Wildman–Crippen MR) is 112 cm³/mol. The van der Waals surface area contributed by atoms with E-state index in [1.54, 1.807) is 12.4 Å². The molecule has 1 aromatic carbocycles. The Kier molecular flexibility index (Phi) is 4.18. The Balaban J connectivity index is 1.50. The van der Waals surface area contributed by atoms with Crippen LogP contribution >= 0.6 is 11.3 Å². The number of hydrogen-bond acceptors (Lipinski definition) is 5. The Hall–Kier alpha value is -3.78. The van der Waals surface area contributed by atoms with E-state index in [-0.39, 0.29) is 5.01 Å². The van der Waals surface area contributed by atoms with Crippen LogP contribution in [-0.4, -0.2) is 30.6 Å². The van der Waals surface area contributed by atoms with Crippen LogP contribution in [0.1, 0.15) is 15.4 Å². The van der Waals surface area contributed by atoms with E-state index in [4.69, 9.17) is 5.73 Å². The average molecular weight is 400 g/mol. The minimum absolute atomic E-state index is 0.288. The number of hydrogen-bond donors (Lipinski definition) is 2. The number of H-pyrrole nitrogens is 1. The zero-order valence-corrected chi connectivity index (χ0v) is 16.1. The molecular weight excluding hydrogens is 384 g/mol. The Bertz CT molecular complexity index is 1320. The number of amides is 1. The molecule has 0 aliphatic carbocycles. The Labute approximate surface area is 169 Å². The number of aromatic amines is 1. The average Bonchev–Trinajstić information content (AvgIpc) is 3.47. The normalized spacial score (nSPS) is 11.2. The van der Waals surface area contributed by atoms with Crippen molar-refractivity contribution in [1.82, 2.24) is 24.7 Å². The van der Waals surface area contributed by atoms with Gasteiger partial charge in [-0.3, -0.25) is 9.48 Å². The molecule has 4 heterocycles. The SMILES string of the molecule is NC(=O)c1ncc(-c2cnc3[nH]cc(-c4cnn(Cc5ccccc5)c4)c3c2)s1. The summed E-state index contributed by atoms with van der Waals surface area (Å²) in [5.41, 5.74) is 10.2. The molecule has 0 unspecified atom stereocenters. The first-order valence-corrected chi connectivity index (χ1v) is 9.79. The third kappa shape index (κ3) is 3.30.